The summed E-state index contributed by atoms with van der Waals surface area (Å²) < 4.78 is 7.02. The number of para-hydroxylation sites is 1. The summed E-state index contributed by atoms with van der Waals surface area (Å²) in [6.07, 6.45) is 1.62. The van der Waals surface area contributed by atoms with Gasteiger partial charge in [0.25, 0.3) is 5.91 Å². The molecule has 0 saturated carbocycles. The molecule has 0 spiro atoms. The molecule has 158 valence electrons. The number of benzene rings is 1. The predicted molar refractivity (Wildman–Crippen MR) is 111 cm³/mol. The van der Waals surface area contributed by atoms with Crippen molar-refractivity contribution in [3.05, 3.63) is 42.1 Å². The van der Waals surface area contributed by atoms with E-state index in [1.807, 2.05) is 30.3 Å². The Hall–Kier alpha value is -3.54. The van der Waals surface area contributed by atoms with Gasteiger partial charge in [0, 0.05) is 25.0 Å². The first-order valence-corrected chi connectivity index (χ1v) is 9.76. The molecule has 1 aliphatic heterocycles. The van der Waals surface area contributed by atoms with Crippen molar-refractivity contribution in [2.45, 2.75) is 38.8 Å². The molecule has 0 unspecified atom stereocenters. The number of aromatic nitrogens is 2. The molecule has 1 aromatic heterocycles. The van der Waals surface area contributed by atoms with E-state index in [-0.39, 0.29) is 18.2 Å². The smallest absolute Gasteiger partial charge is 0.410 e. The molecule has 0 bridgehead atoms. The Bertz CT molecular complexity index is 957. The fourth-order valence-corrected chi connectivity index (χ4v) is 3.37. The minimum atomic E-state index is -0.612. The largest absolute Gasteiger partial charge is 0.444 e. The van der Waals surface area contributed by atoms with Crippen LogP contribution in [-0.2, 0) is 4.74 Å². The summed E-state index contributed by atoms with van der Waals surface area (Å²) in [6, 6.07) is 11.3. The van der Waals surface area contributed by atoms with Gasteiger partial charge < -0.3 is 20.7 Å². The van der Waals surface area contributed by atoms with Gasteiger partial charge in [-0.05, 0) is 39.3 Å². The minimum absolute atomic E-state index is 0.225. The van der Waals surface area contributed by atoms with Crippen LogP contribution in [0, 0.1) is 17.2 Å². The van der Waals surface area contributed by atoms with Gasteiger partial charge in [-0.1, -0.05) is 18.2 Å². The van der Waals surface area contributed by atoms with E-state index in [2.05, 4.69) is 16.5 Å². The van der Waals surface area contributed by atoms with Crippen LogP contribution in [0.15, 0.2) is 36.5 Å². The molecule has 1 saturated heterocycles. The van der Waals surface area contributed by atoms with Crippen molar-refractivity contribution in [1.82, 2.24) is 14.7 Å². The fraction of sp³-hybridized carbons (Fsp3) is 0.429. The number of nitrogens with two attached hydrogens (primary N) is 1. The van der Waals surface area contributed by atoms with Crippen LogP contribution in [0.5, 0.6) is 0 Å². The lowest BCUT2D eigenvalue weighted by Crippen LogP contribution is -2.46. The van der Waals surface area contributed by atoms with E-state index < -0.39 is 23.5 Å². The standard InChI is InChI=1S/C21H26N6O3/c1-21(2,3)30-20(29)26-10-9-17(14(11-22)12-26)27-13-16(18(23)28)19(25-27)24-15-7-5-4-6-8-15/h4-8,13-14,17H,9-10,12H2,1-3H3,(H2,23,28)(H,24,25)/t14-,17+/m0/s1. The highest BCUT2D eigenvalue weighted by Gasteiger charge is 2.35. The highest BCUT2D eigenvalue weighted by atomic mass is 16.6. The third kappa shape index (κ3) is 4.89. The van der Waals surface area contributed by atoms with Crippen LogP contribution in [-0.4, -0.2) is 45.4 Å². The number of piperidine rings is 1. The second kappa shape index (κ2) is 8.45. The van der Waals surface area contributed by atoms with Gasteiger partial charge in [-0.3, -0.25) is 9.48 Å². The van der Waals surface area contributed by atoms with Gasteiger partial charge in [-0.2, -0.15) is 10.4 Å². The quantitative estimate of drug-likeness (QED) is 0.798. The Morgan fingerprint density at radius 3 is 2.60 bits per heavy atom. The number of carbonyl (C=O) groups excluding carboxylic acids is 2. The van der Waals surface area contributed by atoms with Gasteiger partial charge >= 0.3 is 6.09 Å². The Balaban J connectivity index is 1.80. The van der Waals surface area contributed by atoms with Crippen molar-refractivity contribution in [3.63, 3.8) is 0 Å². The second-order valence-electron chi connectivity index (χ2n) is 8.24. The number of nitriles is 1. The number of carbonyl (C=O) groups is 2. The van der Waals surface area contributed by atoms with Crippen molar-refractivity contribution >= 4 is 23.5 Å². The third-order valence-electron chi connectivity index (χ3n) is 4.77. The molecule has 1 fully saturated rings. The number of amides is 2. The van der Waals surface area contributed by atoms with E-state index >= 15 is 0 Å². The van der Waals surface area contributed by atoms with Gasteiger partial charge in [0.2, 0.25) is 0 Å². The van der Waals surface area contributed by atoms with Gasteiger partial charge in [0.05, 0.1) is 18.0 Å². The molecule has 1 aliphatic rings. The first kappa shape index (κ1) is 21.2. The summed E-state index contributed by atoms with van der Waals surface area (Å²) in [5.74, 6) is -0.782. The zero-order valence-corrected chi connectivity index (χ0v) is 17.3. The number of anilines is 2. The number of likely N-dealkylation sites (tertiary alicyclic amines) is 1. The topological polar surface area (TPSA) is 126 Å². The average molecular weight is 410 g/mol. The molecule has 3 N–H and O–H groups in total. The third-order valence-corrected chi connectivity index (χ3v) is 4.77. The molecule has 3 rings (SSSR count). The van der Waals surface area contributed by atoms with Gasteiger partial charge in [-0.25, -0.2) is 4.79 Å². The maximum atomic E-state index is 12.4. The number of hydrogen-bond acceptors (Lipinski definition) is 6. The Morgan fingerprint density at radius 2 is 2.00 bits per heavy atom. The van der Waals surface area contributed by atoms with Crippen LogP contribution in [0.4, 0.5) is 16.3 Å². The molecule has 2 heterocycles. The number of nitrogens with zero attached hydrogens (tertiary/aromatic N) is 4. The maximum absolute atomic E-state index is 12.4. The van der Waals surface area contributed by atoms with Crippen molar-refractivity contribution in [2.24, 2.45) is 11.7 Å². The van der Waals surface area contributed by atoms with E-state index in [9.17, 15) is 14.9 Å². The Labute approximate surface area is 175 Å². The average Bonchev–Trinajstić information content (AvgIpc) is 3.10. The lowest BCUT2D eigenvalue weighted by Gasteiger charge is -2.36. The summed E-state index contributed by atoms with van der Waals surface area (Å²) in [5.41, 5.74) is 5.93. The maximum Gasteiger partial charge on any atom is 0.410 e. The number of hydrogen-bond donors (Lipinski definition) is 2. The number of nitrogens with one attached hydrogen (secondary N) is 1. The predicted octanol–water partition coefficient (Wildman–Crippen LogP) is 3.05. The van der Waals surface area contributed by atoms with Crippen LogP contribution in [0.2, 0.25) is 0 Å². The van der Waals surface area contributed by atoms with Crippen molar-refractivity contribution in [1.29, 1.82) is 5.26 Å². The van der Waals surface area contributed by atoms with E-state index in [0.717, 1.165) is 5.69 Å². The lowest BCUT2D eigenvalue weighted by atomic mass is 9.94. The van der Waals surface area contributed by atoms with Crippen molar-refractivity contribution in [2.75, 3.05) is 18.4 Å². The van der Waals surface area contributed by atoms with Gasteiger partial charge in [0.15, 0.2) is 5.82 Å². The van der Waals surface area contributed by atoms with Crippen LogP contribution in [0.1, 0.15) is 43.6 Å². The molecule has 1 aromatic carbocycles. The van der Waals surface area contributed by atoms with E-state index in [0.29, 0.717) is 18.8 Å². The van der Waals surface area contributed by atoms with Crippen LogP contribution >= 0.6 is 0 Å². The Kier molecular flexibility index (Phi) is 5.96. The molecule has 0 radical (unpaired) electrons. The summed E-state index contributed by atoms with van der Waals surface area (Å²) in [6.45, 7) is 6.05. The van der Waals surface area contributed by atoms with Crippen LogP contribution in [0.25, 0.3) is 0 Å². The van der Waals surface area contributed by atoms with Crippen molar-refractivity contribution in [3.8, 4) is 6.07 Å². The number of ether oxygens (including phenoxy) is 1. The minimum Gasteiger partial charge on any atom is -0.444 e. The summed E-state index contributed by atoms with van der Waals surface area (Å²) in [5, 5.41) is 17.3. The van der Waals surface area contributed by atoms with Crippen molar-refractivity contribution < 1.29 is 14.3 Å². The molecule has 9 nitrogen and oxygen atoms in total. The molecule has 2 atom stereocenters. The second-order valence-corrected chi connectivity index (χ2v) is 8.24. The summed E-state index contributed by atoms with van der Waals surface area (Å²) in [4.78, 5) is 25.8. The normalized spacial score (nSPS) is 19.1. The highest BCUT2D eigenvalue weighted by Crippen LogP contribution is 2.31. The Morgan fingerprint density at radius 1 is 1.30 bits per heavy atom. The molecular formula is C21H26N6O3. The van der Waals surface area contributed by atoms with Gasteiger partial charge in [-0.15, -0.1) is 0 Å². The summed E-state index contributed by atoms with van der Waals surface area (Å²) in [7, 11) is 0. The molecular weight excluding hydrogens is 384 g/mol. The zero-order valence-electron chi connectivity index (χ0n) is 17.3. The monoisotopic (exact) mass is 410 g/mol. The molecule has 0 aliphatic carbocycles. The molecule has 2 amide bonds. The molecule has 9 heteroatoms. The zero-order chi connectivity index (χ0) is 21.9. The lowest BCUT2D eigenvalue weighted by molar-refractivity contribution is 0.0143. The number of primary amides is 1. The number of rotatable bonds is 4. The first-order chi connectivity index (χ1) is 14.2. The highest BCUT2D eigenvalue weighted by molar-refractivity contribution is 5.98. The van der Waals surface area contributed by atoms with Gasteiger partial charge in [0.1, 0.15) is 11.2 Å². The van der Waals surface area contributed by atoms with Crippen LogP contribution < -0.4 is 11.1 Å². The van der Waals surface area contributed by atoms with E-state index in [1.165, 1.54) is 4.90 Å². The molecule has 30 heavy (non-hydrogen) atoms. The SMILES string of the molecule is CC(C)(C)OC(=O)N1CC[C@@H](n2cc(C(N)=O)c(Nc3ccccc3)n2)[C@@H](C#N)C1. The van der Waals surface area contributed by atoms with E-state index in [4.69, 9.17) is 10.5 Å². The first-order valence-electron chi connectivity index (χ1n) is 9.76. The molecule has 2 aromatic rings. The summed E-state index contributed by atoms with van der Waals surface area (Å²) >= 11 is 0. The fourth-order valence-electron chi connectivity index (χ4n) is 3.37. The van der Waals surface area contributed by atoms with E-state index in [1.54, 1.807) is 31.6 Å². The van der Waals surface area contributed by atoms with Crippen LogP contribution in [0.3, 0.4) is 0 Å².